The zero-order valence-corrected chi connectivity index (χ0v) is 17.4. The molecule has 0 aliphatic heterocycles. The maximum atomic E-state index is 4.70. The Balaban J connectivity index is 1.58. The van der Waals surface area contributed by atoms with Gasteiger partial charge in [0.25, 0.3) is 0 Å². The smallest absolute Gasteiger partial charge is 0.188 e. The third-order valence-electron chi connectivity index (χ3n) is 5.35. The van der Waals surface area contributed by atoms with E-state index in [0.29, 0.717) is 5.92 Å². The summed E-state index contributed by atoms with van der Waals surface area (Å²) in [5.41, 5.74) is 4.66. The van der Waals surface area contributed by atoms with E-state index in [1.807, 2.05) is 12.3 Å². The molecule has 144 valence electrons. The van der Waals surface area contributed by atoms with E-state index in [2.05, 4.69) is 84.5 Å². The molecule has 0 aliphatic carbocycles. The monoisotopic (exact) mass is 390 g/mol. The summed E-state index contributed by atoms with van der Waals surface area (Å²) in [7, 11) is 0. The molecule has 4 nitrogen and oxygen atoms in total. The number of hydrogen-bond donors (Lipinski definition) is 1. The molecule has 1 atom stereocenters. The number of nitrogens with zero attached hydrogens (tertiary/aromatic N) is 3. The fourth-order valence-electron chi connectivity index (χ4n) is 3.79. The Morgan fingerprint density at radius 1 is 1.07 bits per heavy atom. The van der Waals surface area contributed by atoms with Crippen molar-refractivity contribution in [3.05, 3.63) is 72.1 Å². The van der Waals surface area contributed by atoms with Crippen LogP contribution in [-0.4, -0.2) is 14.8 Å². The Kier molecular flexibility index (Phi) is 5.44. The lowest BCUT2D eigenvalue weighted by Gasteiger charge is -2.26. The fourth-order valence-corrected chi connectivity index (χ4v) is 4.78. The lowest BCUT2D eigenvalue weighted by molar-refractivity contribution is 0.333. The summed E-state index contributed by atoms with van der Waals surface area (Å²) in [5.74, 6) is 0.561. The molecule has 0 bridgehead atoms. The first-order valence-electron chi connectivity index (χ1n) is 9.91. The average Bonchev–Trinajstić information content (AvgIpc) is 3.36. The summed E-state index contributed by atoms with van der Waals surface area (Å²) in [6.07, 6.45) is 6.19. The summed E-state index contributed by atoms with van der Waals surface area (Å²) in [6, 6.07) is 17.4. The quantitative estimate of drug-likeness (QED) is 0.388. The molecule has 0 saturated carbocycles. The Bertz CT molecular complexity index is 1030. The molecule has 2 heterocycles. The normalized spacial score (nSPS) is 12.6. The molecule has 4 aromatic rings. The van der Waals surface area contributed by atoms with E-state index in [9.17, 15) is 0 Å². The minimum Gasteiger partial charge on any atom is -0.332 e. The number of fused-ring (bicyclic) bond motifs is 1. The van der Waals surface area contributed by atoms with Gasteiger partial charge in [-0.3, -0.25) is 4.68 Å². The molecule has 0 spiro atoms. The molecule has 0 radical (unpaired) electrons. The summed E-state index contributed by atoms with van der Waals surface area (Å²) >= 11 is 1.69. The van der Waals surface area contributed by atoms with Crippen LogP contribution in [0.15, 0.2) is 60.9 Å². The van der Waals surface area contributed by atoms with E-state index in [1.165, 1.54) is 15.8 Å². The highest BCUT2D eigenvalue weighted by molar-refractivity contribution is 7.22. The molecule has 28 heavy (non-hydrogen) atoms. The number of hydrogen-bond acceptors (Lipinski definition) is 4. The second-order valence-corrected chi connectivity index (χ2v) is 8.28. The Morgan fingerprint density at radius 3 is 2.54 bits per heavy atom. The van der Waals surface area contributed by atoms with Crippen molar-refractivity contribution in [3.63, 3.8) is 0 Å². The molecule has 0 aliphatic rings. The second-order valence-electron chi connectivity index (χ2n) is 7.24. The van der Waals surface area contributed by atoms with Crippen LogP contribution in [0.4, 0.5) is 10.8 Å². The molecule has 0 amide bonds. The standard InChI is InChI=1S/C23H26N4S/c1-4-17(5-2)22(27-14-6-13-24-27)18-8-10-19(11-9-18)25-23-26-20-12-7-16(3)15-21(20)28-23/h6-15,17,22H,4-5H2,1-3H3,(H,25,26). The Hall–Kier alpha value is -2.66. The predicted molar refractivity (Wildman–Crippen MR) is 119 cm³/mol. The molecule has 1 unspecified atom stereocenters. The summed E-state index contributed by atoms with van der Waals surface area (Å²) in [5, 5.41) is 8.91. The minimum absolute atomic E-state index is 0.268. The Morgan fingerprint density at radius 2 is 1.86 bits per heavy atom. The van der Waals surface area contributed by atoms with Gasteiger partial charge in [0, 0.05) is 18.1 Å². The van der Waals surface area contributed by atoms with Crippen molar-refractivity contribution in [1.82, 2.24) is 14.8 Å². The van der Waals surface area contributed by atoms with Gasteiger partial charge in [0.15, 0.2) is 5.13 Å². The molecular formula is C23H26N4S. The summed E-state index contributed by atoms with van der Waals surface area (Å²) < 4.78 is 3.31. The van der Waals surface area contributed by atoms with Crippen LogP contribution >= 0.6 is 11.3 Å². The summed E-state index contributed by atoms with van der Waals surface area (Å²) in [4.78, 5) is 4.70. The van der Waals surface area contributed by atoms with Crippen LogP contribution in [0.25, 0.3) is 10.2 Å². The van der Waals surface area contributed by atoms with Crippen molar-refractivity contribution >= 4 is 32.4 Å². The molecule has 0 saturated heterocycles. The first-order valence-corrected chi connectivity index (χ1v) is 10.7. The van der Waals surface area contributed by atoms with E-state index in [-0.39, 0.29) is 6.04 Å². The molecule has 0 fully saturated rings. The number of aromatic nitrogens is 3. The van der Waals surface area contributed by atoms with Crippen LogP contribution in [0.1, 0.15) is 43.9 Å². The number of anilines is 2. The van der Waals surface area contributed by atoms with E-state index < -0.39 is 0 Å². The molecule has 1 N–H and O–H groups in total. The first kappa shape index (κ1) is 18.7. The molecule has 2 aromatic carbocycles. The van der Waals surface area contributed by atoms with E-state index in [1.54, 1.807) is 11.3 Å². The maximum absolute atomic E-state index is 4.70. The zero-order valence-electron chi connectivity index (χ0n) is 16.6. The van der Waals surface area contributed by atoms with Crippen LogP contribution in [0, 0.1) is 12.8 Å². The average molecular weight is 391 g/mol. The van der Waals surface area contributed by atoms with Crippen molar-refractivity contribution in [1.29, 1.82) is 0 Å². The van der Waals surface area contributed by atoms with Gasteiger partial charge in [-0.15, -0.1) is 0 Å². The van der Waals surface area contributed by atoms with Crippen molar-refractivity contribution in [2.75, 3.05) is 5.32 Å². The van der Waals surface area contributed by atoms with Crippen LogP contribution in [0.5, 0.6) is 0 Å². The van der Waals surface area contributed by atoms with Crippen LogP contribution in [0.2, 0.25) is 0 Å². The maximum Gasteiger partial charge on any atom is 0.188 e. The number of rotatable bonds is 7. The highest BCUT2D eigenvalue weighted by Crippen LogP contribution is 2.33. The minimum atomic E-state index is 0.268. The van der Waals surface area contributed by atoms with Crippen LogP contribution in [-0.2, 0) is 0 Å². The van der Waals surface area contributed by atoms with E-state index in [0.717, 1.165) is 29.2 Å². The van der Waals surface area contributed by atoms with E-state index in [4.69, 9.17) is 4.98 Å². The molecule has 2 aromatic heterocycles. The fraction of sp³-hybridized carbons (Fsp3) is 0.304. The van der Waals surface area contributed by atoms with Gasteiger partial charge >= 0.3 is 0 Å². The van der Waals surface area contributed by atoms with Crippen molar-refractivity contribution in [2.24, 2.45) is 5.92 Å². The Labute approximate surface area is 170 Å². The van der Waals surface area contributed by atoms with Gasteiger partial charge in [-0.25, -0.2) is 4.98 Å². The SMILES string of the molecule is CCC(CC)C(c1ccc(Nc2nc3ccc(C)cc3s2)cc1)n1cccn1. The van der Waals surface area contributed by atoms with Crippen molar-refractivity contribution in [2.45, 2.75) is 39.7 Å². The van der Waals surface area contributed by atoms with Gasteiger partial charge in [0.05, 0.1) is 16.3 Å². The van der Waals surface area contributed by atoms with Gasteiger partial charge in [0.1, 0.15) is 0 Å². The number of nitrogens with one attached hydrogen (secondary N) is 1. The topological polar surface area (TPSA) is 42.7 Å². The van der Waals surface area contributed by atoms with Gasteiger partial charge in [0.2, 0.25) is 0 Å². The number of thiazole rings is 1. The first-order chi connectivity index (χ1) is 13.7. The second kappa shape index (κ2) is 8.15. The molecular weight excluding hydrogens is 364 g/mol. The van der Waals surface area contributed by atoms with Crippen molar-refractivity contribution < 1.29 is 0 Å². The van der Waals surface area contributed by atoms with Gasteiger partial charge in [-0.2, -0.15) is 5.10 Å². The molecule has 5 heteroatoms. The van der Waals surface area contributed by atoms with Crippen molar-refractivity contribution in [3.8, 4) is 0 Å². The lowest BCUT2D eigenvalue weighted by atomic mass is 9.89. The summed E-state index contributed by atoms with van der Waals surface area (Å²) in [6.45, 7) is 6.63. The third kappa shape index (κ3) is 3.80. The third-order valence-corrected chi connectivity index (χ3v) is 6.29. The van der Waals surface area contributed by atoms with Crippen LogP contribution < -0.4 is 5.32 Å². The predicted octanol–water partition coefficient (Wildman–Crippen LogP) is 6.57. The van der Waals surface area contributed by atoms with Gasteiger partial charge in [-0.1, -0.05) is 56.2 Å². The van der Waals surface area contributed by atoms with Crippen LogP contribution in [0.3, 0.4) is 0 Å². The molecule has 4 rings (SSSR count). The number of benzene rings is 2. The highest BCUT2D eigenvalue weighted by atomic mass is 32.1. The zero-order chi connectivity index (χ0) is 19.5. The highest BCUT2D eigenvalue weighted by Gasteiger charge is 2.22. The largest absolute Gasteiger partial charge is 0.332 e. The lowest BCUT2D eigenvalue weighted by Crippen LogP contribution is -2.20. The van der Waals surface area contributed by atoms with E-state index >= 15 is 0 Å². The van der Waals surface area contributed by atoms with Gasteiger partial charge < -0.3 is 5.32 Å². The number of aryl methyl sites for hydroxylation is 1. The van der Waals surface area contributed by atoms with Gasteiger partial charge in [-0.05, 0) is 54.3 Å².